The summed E-state index contributed by atoms with van der Waals surface area (Å²) in [5.74, 6) is -0.0356. The van der Waals surface area contributed by atoms with Crippen molar-refractivity contribution < 1.29 is 9.90 Å². The molecule has 0 saturated carbocycles. The van der Waals surface area contributed by atoms with Gasteiger partial charge in [-0.1, -0.05) is 0 Å². The zero-order valence-corrected chi connectivity index (χ0v) is 8.76. The zero-order chi connectivity index (χ0) is 10.8. The highest BCUT2D eigenvalue weighted by molar-refractivity contribution is 5.92. The molecule has 1 aliphatic heterocycles. The van der Waals surface area contributed by atoms with Gasteiger partial charge in [0, 0.05) is 19.8 Å². The molecule has 0 bridgehead atoms. The summed E-state index contributed by atoms with van der Waals surface area (Å²) in [4.78, 5) is 13.8. The number of nitrogens with zero attached hydrogens (tertiary/aromatic N) is 3. The summed E-state index contributed by atoms with van der Waals surface area (Å²) in [5.41, 5.74) is 0.579. The molecule has 1 aliphatic rings. The van der Waals surface area contributed by atoms with Crippen molar-refractivity contribution >= 4 is 5.91 Å². The van der Waals surface area contributed by atoms with Crippen LogP contribution in [0.15, 0.2) is 12.3 Å². The number of rotatable bonds is 2. The number of hydrogen-bond donors (Lipinski definition) is 1. The molecule has 1 amide bonds. The van der Waals surface area contributed by atoms with Crippen LogP contribution in [-0.4, -0.2) is 44.9 Å². The van der Waals surface area contributed by atoms with E-state index in [0.29, 0.717) is 5.69 Å². The van der Waals surface area contributed by atoms with Gasteiger partial charge in [-0.15, -0.1) is 0 Å². The summed E-state index contributed by atoms with van der Waals surface area (Å²) in [6.45, 7) is 0.777. The lowest BCUT2D eigenvalue weighted by Gasteiger charge is -2.22. The standard InChI is InChI=1S/C10H15N3O2/c1-12-9(4-5-11-12)10(15)13-6-2-3-8(13)7-14/h4-5,8,14H,2-3,6-7H2,1H3. The van der Waals surface area contributed by atoms with Gasteiger partial charge in [0.1, 0.15) is 5.69 Å². The van der Waals surface area contributed by atoms with Gasteiger partial charge in [0.2, 0.25) is 0 Å². The molecule has 1 atom stereocenters. The molecule has 1 aromatic heterocycles. The molecule has 15 heavy (non-hydrogen) atoms. The second kappa shape index (κ2) is 4.02. The molecule has 0 spiro atoms. The topological polar surface area (TPSA) is 58.4 Å². The van der Waals surface area contributed by atoms with Crippen LogP contribution in [0.2, 0.25) is 0 Å². The summed E-state index contributed by atoms with van der Waals surface area (Å²) in [7, 11) is 1.75. The van der Waals surface area contributed by atoms with Crippen molar-refractivity contribution in [3.05, 3.63) is 18.0 Å². The summed E-state index contributed by atoms with van der Waals surface area (Å²) >= 11 is 0. The number of aliphatic hydroxyl groups excluding tert-OH is 1. The van der Waals surface area contributed by atoms with E-state index >= 15 is 0 Å². The first-order chi connectivity index (χ1) is 7.24. The zero-order valence-electron chi connectivity index (χ0n) is 8.76. The molecule has 1 fully saturated rings. The van der Waals surface area contributed by atoms with Gasteiger partial charge >= 0.3 is 0 Å². The molecule has 0 aromatic carbocycles. The predicted octanol–water partition coefficient (Wildman–Crippen LogP) is 0.0170. The largest absolute Gasteiger partial charge is 0.394 e. The highest BCUT2D eigenvalue weighted by atomic mass is 16.3. The molecular weight excluding hydrogens is 194 g/mol. The number of amides is 1. The Morgan fingerprint density at radius 3 is 3.13 bits per heavy atom. The number of likely N-dealkylation sites (tertiary alicyclic amines) is 1. The number of carbonyl (C=O) groups excluding carboxylic acids is 1. The minimum absolute atomic E-state index is 0.0209. The Labute approximate surface area is 88.3 Å². The Kier molecular flexibility index (Phi) is 2.73. The third-order valence-corrected chi connectivity index (χ3v) is 2.89. The van der Waals surface area contributed by atoms with Crippen LogP contribution in [0.3, 0.4) is 0 Å². The number of aromatic nitrogens is 2. The van der Waals surface area contributed by atoms with Crippen molar-refractivity contribution in [2.24, 2.45) is 7.05 Å². The highest BCUT2D eigenvalue weighted by Gasteiger charge is 2.29. The average molecular weight is 209 g/mol. The summed E-state index contributed by atoms with van der Waals surface area (Å²) in [5, 5.41) is 13.1. The molecule has 1 aromatic rings. The van der Waals surface area contributed by atoms with Crippen LogP contribution in [0.4, 0.5) is 0 Å². The molecule has 5 nitrogen and oxygen atoms in total. The lowest BCUT2D eigenvalue weighted by Crippen LogP contribution is -2.38. The third kappa shape index (κ3) is 1.74. The van der Waals surface area contributed by atoms with Crippen molar-refractivity contribution in [2.45, 2.75) is 18.9 Å². The molecule has 0 aliphatic carbocycles. The molecule has 0 radical (unpaired) electrons. The van der Waals surface area contributed by atoms with E-state index in [-0.39, 0.29) is 18.6 Å². The van der Waals surface area contributed by atoms with Gasteiger partial charge < -0.3 is 10.0 Å². The van der Waals surface area contributed by atoms with E-state index in [9.17, 15) is 4.79 Å². The average Bonchev–Trinajstić information content (AvgIpc) is 2.84. The smallest absolute Gasteiger partial charge is 0.272 e. The van der Waals surface area contributed by atoms with Crippen LogP contribution in [0, 0.1) is 0 Å². The predicted molar refractivity (Wildman–Crippen MR) is 54.4 cm³/mol. The quantitative estimate of drug-likeness (QED) is 0.747. The minimum Gasteiger partial charge on any atom is -0.394 e. The van der Waals surface area contributed by atoms with Crippen LogP contribution in [0.5, 0.6) is 0 Å². The monoisotopic (exact) mass is 209 g/mol. The van der Waals surface area contributed by atoms with E-state index in [0.717, 1.165) is 19.4 Å². The van der Waals surface area contributed by atoms with Crippen LogP contribution in [0.25, 0.3) is 0 Å². The number of aryl methyl sites for hydroxylation is 1. The Morgan fingerprint density at radius 1 is 1.73 bits per heavy atom. The van der Waals surface area contributed by atoms with Crippen molar-refractivity contribution in [2.75, 3.05) is 13.2 Å². The number of hydrogen-bond acceptors (Lipinski definition) is 3. The lowest BCUT2D eigenvalue weighted by atomic mass is 10.2. The number of aliphatic hydroxyl groups is 1. The summed E-state index contributed by atoms with van der Waals surface area (Å²) < 4.78 is 1.56. The Balaban J connectivity index is 2.18. The fraction of sp³-hybridized carbons (Fsp3) is 0.600. The van der Waals surface area contributed by atoms with E-state index in [4.69, 9.17) is 5.11 Å². The Bertz CT molecular complexity index is 361. The molecule has 5 heteroatoms. The van der Waals surface area contributed by atoms with Gasteiger partial charge in [-0.2, -0.15) is 5.10 Å². The van der Waals surface area contributed by atoms with Gasteiger partial charge in [0.15, 0.2) is 0 Å². The lowest BCUT2D eigenvalue weighted by molar-refractivity contribution is 0.0666. The SMILES string of the molecule is Cn1nccc1C(=O)N1CCCC1CO. The summed E-state index contributed by atoms with van der Waals surface area (Å²) in [6.07, 6.45) is 3.46. The van der Waals surface area contributed by atoms with Crippen molar-refractivity contribution in [1.29, 1.82) is 0 Å². The van der Waals surface area contributed by atoms with E-state index in [1.54, 1.807) is 28.9 Å². The molecule has 82 valence electrons. The first kappa shape index (κ1) is 10.2. The minimum atomic E-state index is -0.0356. The van der Waals surface area contributed by atoms with E-state index < -0.39 is 0 Å². The molecule has 1 N–H and O–H groups in total. The maximum Gasteiger partial charge on any atom is 0.272 e. The Morgan fingerprint density at radius 2 is 2.53 bits per heavy atom. The molecular formula is C10H15N3O2. The second-order valence-electron chi connectivity index (χ2n) is 3.82. The fourth-order valence-electron chi connectivity index (χ4n) is 2.02. The normalized spacial score (nSPS) is 20.9. The molecule has 1 unspecified atom stereocenters. The van der Waals surface area contributed by atoms with Crippen LogP contribution in [-0.2, 0) is 7.05 Å². The second-order valence-corrected chi connectivity index (χ2v) is 3.82. The fourth-order valence-corrected chi connectivity index (χ4v) is 2.02. The van der Waals surface area contributed by atoms with Gasteiger partial charge in [-0.3, -0.25) is 9.48 Å². The maximum absolute atomic E-state index is 12.1. The number of carbonyl (C=O) groups is 1. The molecule has 1 saturated heterocycles. The third-order valence-electron chi connectivity index (χ3n) is 2.89. The van der Waals surface area contributed by atoms with Crippen LogP contribution >= 0.6 is 0 Å². The van der Waals surface area contributed by atoms with Crippen molar-refractivity contribution in [1.82, 2.24) is 14.7 Å². The van der Waals surface area contributed by atoms with Gasteiger partial charge in [-0.25, -0.2) is 0 Å². The molecule has 2 rings (SSSR count). The van der Waals surface area contributed by atoms with Gasteiger partial charge in [-0.05, 0) is 18.9 Å². The first-order valence-electron chi connectivity index (χ1n) is 5.14. The van der Waals surface area contributed by atoms with Crippen LogP contribution < -0.4 is 0 Å². The summed E-state index contributed by atoms with van der Waals surface area (Å²) in [6, 6.07) is 1.68. The van der Waals surface area contributed by atoms with E-state index in [1.165, 1.54) is 0 Å². The highest BCUT2D eigenvalue weighted by Crippen LogP contribution is 2.19. The first-order valence-corrected chi connectivity index (χ1v) is 5.14. The van der Waals surface area contributed by atoms with Gasteiger partial charge in [0.25, 0.3) is 5.91 Å². The van der Waals surface area contributed by atoms with Gasteiger partial charge in [0.05, 0.1) is 12.6 Å². The van der Waals surface area contributed by atoms with Crippen molar-refractivity contribution in [3.8, 4) is 0 Å². The van der Waals surface area contributed by atoms with E-state index in [2.05, 4.69) is 5.10 Å². The van der Waals surface area contributed by atoms with Crippen LogP contribution in [0.1, 0.15) is 23.3 Å². The van der Waals surface area contributed by atoms with E-state index in [1.807, 2.05) is 0 Å². The maximum atomic E-state index is 12.1. The van der Waals surface area contributed by atoms with Crippen molar-refractivity contribution in [3.63, 3.8) is 0 Å². The molecule has 2 heterocycles. The Hall–Kier alpha value is -1.36.